The van der Waals surface area contributed by atoms with E-state index in [0.717, 1.165) is 32.1 Å². The average Bonchev–Trinajstić information content (AvgIpc) is 2.47. The summed E-state index contributed by atoms with van der Waals surface area (Å²) in [7, 11) is 0. The summed E-state index contributed by atoms with van der Waals surface area (Å²) in [6.07, 6.45) is 4.87. The zero-order valence-corrected chi connectivity index (χ0v) is 12.3. The van der Waals surface area contributed by atoms with Crippen molar-refractivity contribution < 1.29 is 14.4 Å². The van der Waals surface area contributed by atoms with Crippen LogP contribution >= 0.6 is 0 Å². The zero-order valence-electron chi connectivity index (χ0n) is 12.3. The molecular weight excluding hydrogens is 272 g/mol. The maximum Gasteiger partial charge on any atom is 0.311 e. The lowest BCUT2D eigenvalue weighted by atomic mass is 9.93. The van der Waals surface area contributed by atoms with E-state index in [-0.39, 0.29) is 23.6 Å². The van der Waals surface area contributed by atoms with E-state index in [2.05, 4.69) is 0 Å². The summed E-state index contributed by atoms with van der Waals surface area (Å²) < 4.78 is 11.3. The van der Waals surface area contributed by atoms with E-state index in [0.29, 0.717) is 12.4 Å². The van der Waals surface area contributed by atoms with Crippen molar-refractivity contribution in [2.45, 2.75) is 51.2 Å². The van der Waals surface area contributed by atoms with Crippen LogP contribution in [0.3, 0.4) is 0 Å². The Hall–Kier alpha value is -1.82. The quantitative estimate of drug-likeness (QED) is 0.643. The molecule has 0 saturated heterocycles. The Labute approximate surface area is 124 Å². The summed E-state index contributed by atoms with van der Waals surface area (Å²) in [4.78, 5) is 10.6. The predicted molar refractivity (Wildman–Crippen MR) is 79.7 cm³/mol. The van der Waals surface area contributed by atoms with Gasteiger partial charge >= 0.3 is 5.69 Å². The average molecular weight is 294 g/mol. The molecule has 0 aromatic heterocycles. The Morgan fingerprint density at radius 2 is 2.14 bits per heavy atom. The van der Waals surface area contributed by atoms with E-state index in [1.54, 1.807) is 12.1 Å². The first kappa shape index (κ1) is 15.6. The number of ether oxygens (including phenoxy) is 2. The molecule has 2 rings (SSSR count). The zero-order chi connectivity index (χ0) is 15.2. The van der Waals surface area contributed by atoms with E-state index in [4.69, 9.17) is 15.2 Å². The van der Waals surface area contributed by atoms with Gasteiger partial charge in [0.15, 0.2) is 0 Å². The molecule has 2 atom stereocenters. The van der Waals surface area contributed by atoms with E-state index < -0.39 is 4.92 Å². The monoisotopic (exact) mass is 294 g/mol. The molecule has 0 aliphatic heterocycles. The second-order valence-electron chi connectivity index (χ2n) is 5.34. The van der Waals surface area contributed by atoms with Gasteiger partial charge in [0.25, 0.3) is 0 Å². The van der Waals surface area contributed by atoms with Gasteiger partial charge in [-0.05, 0) is 31.7 Å². The molecule has 0 heterocycles. The largest absolute Gasteiger partial charge is 0.489 e. The Morgan fingerprint density at radius 3 is 2.81 bits per heavy atom. The first-order valence-electron chi connectivity index (χ1n) is 7.45. The van der Waals surface area contributed by atoms with Crippen LogP contribution in [-0.4, -0.2) is 23.7 Å². The molecular formula is C15H22N2O4. The molecule has 1 aromatic carbocycles. The molecule has 0 amide bonds. The Bertz CT molecular complexity index is 493. The Balaban J connectivity index is 2.14. The number of nitrogens with two attached hydrogens (primary N) is 1. The molecule has 21 heavy (non-hydrogen) atoms. The summed E-state index contributed by atoms with van der Waals surface area (Å²) >= 11 is 0. The van der Waals surface area contributed by atoms with Crippen LogP contribution in [0.15, 0.2) is 18.2 Å². The summed E-state index contributed by atoms with van der Waals surface area (Å²) in [5.41, 5.74) is 6.02. The van der Waals surface area contributed by atoms with Crippen LogP contribution in [0.25, 0.3) is 0 Å². The molecule has 1 aliphatic rings. The van der Waals surface area contributed by atoms with E-state index in [9.17, 15) is 10.1 Å². The fourth-order valence-electron chi connectivity index (χ4n) is 2.49. The second-order valence-corrected chi connectivity index (χ2v) is 5.34. The summed E-state index contributed by atoms with van der Waals surface area (Å²) in [6, 6.07) is 4.65. The minimum atomic E-state index is -0.443. The molecule has 0 spiro atoms. The SMILES string of the molecule is CCCOc1cc(OC2CCCCC2N)ccc1[N+](=O)[O-]. The number of benzene rings is 1. The topological polar surface area (TPSA) is 87.6 Å². The molecule has 0 radical (unpaired) electrons. The number of nitro groups is 1. The third-order valence-corrected chi connectivity index (χ3v) is 3.63. The Morgan fingerprint density at radius 1 is 1.38 bits per heavy atom. The second kappa shape index (κ2) is 7.26. The highest BCUT2D eigenvalue weighted by atomic mass is 16.6. The van der Waals surface area contributed by atoms with Crippen molar-refractivity contribution in [2.24, 2.45) is 5.73 Å². The minimum Gasteiger partial charge on any atom is -0.489 e. The van der Waals surface area contributed by atoms with Crippen molar-refractivity contribution >= 4 is 5.69 Å². The van der Waals surface area contributed by atoms with Crippen LogP contribution < -0.4 is 15.2 Å². The fourth-order valence-corrected chi connectivity index (χ4v) is 2.49. The number of hydrogen-bond acceptors (Lipinski definition) is 5. The number of nitro benzene ring substituents is 1. The molecule has 6 nitrogen and oxygen atoms in total. The van der Waals surface area contributed by atoms with Crippen molar-refractivity contribution in [3.05, 3.63) is 28.3 Å². The highest BCUT2D eigenvalue weighted by Gasteiger charge is 2.24. The van der Waals surface area contributed by atoms with Gasteiger partial charge in [0.1, 0.15) is 11.9 Å². The molecule has 2 N–H and O–H groups in total. The van der Waals surface area contributed by atoms with Gasteiger partial charge < -0.3 is 15.2 Å². The third-order valence-electron chi connectivity index (χ3n) is 3.63. The molecule has 1 saturated carbocycles. The first-order chi connectivity index (χ1) is 10.1. The normalized spacial score (nSPS) is 21.8. The van der Waals surface area contributed by atoms with Crippen molar-refractivity contribution in [2.75, 3.05) is 6.61 Å². The van der Waals surface area contributed by atoms with Gasteiger partial charge in [0.2, 0.25) is 5.75 Å². The number of hydrogen-bond donors (Lipinski definition) is 1. The summed E-state index contributed by atoms with van der Waals surface area (Å²) in [5, 5.41) is 11.0. The predicted octanol–water partition coefficient (Wildman–Crippen LogP) is 3.03. The lowest BCUT2D eigenvalue weighted by molar-refractivity contribution is -0.385. The van der Waals surface area contributed by atoms with Gasteiger partial charge in [0.05, 0.1) is 11.5 Å². The third kappa shape index (κ3) is 4.07. The smallest absolute Gasteiger partial charge is 0.311 e. The Kier molecular flexibility index (Phi) is 5.38. The van der Waals surface area contributed by atoms with Crippen molar-refractivity contribution in [3.8, 4) is 11.5 Å². The van der Waals surface area contributed by atoms with Gasteiger partial charge in [-0.3, -0.25) is 10.1 Å². The van der Waals surface area contributed by atoms with Gasteiger partial charge in [-0.1, -0.05) is 13.3 Å². The maximum atomic E-state index is 11.0. The van der Waals surface area contributed by atoms with Crippen LogP contribution in [-0.2, 0) is 0 Å². The van der Waals surface area contributed by atoms with E-state index in [1.807, 2.05) is 6.92 Å². The van der Waals surface area contributed by atoms with Crippen molar-refractivity contribution in [3.63, 3.8) is 0 Å². The van der Waals surface area contributed by atoms with Gasteiger partial charge in [-0.25, -0.2) is 0 Å². The molecule has 0 bridgehead atoms. The van der Waals surface area contributed by atoms with Gasteiger partial charge in [0, 0.05) is 18.2 Å². The van der Waals surface area contributed by atoms with Crippen LogP contribution in [0.1, 0.15) is 39.0 Å². The summed E-state index contributed by atoms with van der Waals surface area (Å²) in [6.45, 7) is 2.39. The van der Waals surface area contributed by atoms with Gasteiger partial charge in [-0.15, -0.1) is 0 Å². The first-order valence-corrected chi connectivity index (χ1v) is 7.45. The van der Waals surface area contributed by atoms with Crippen LogP contribution in [0.4, 0.5) is 5.69 Å². The molecule has 1 aliphatic carbocycles. The van der Waals surface area contributed by atoms with Gasteiger partial charge in [-0.2, -0.15) is 0 Å². The number of rotatable bonds is 6. The number of nitrogens with zero attached hydrogens (tertiary/aromatic N) is 1. The lowest BCUT2D eigenvalue weighted by Crippen LogP contribution is -2.41. The summed E-state index contributed by atoms with van der Waals surface area (Å²) in [5.74, 6) is 0.831. The molecule has 2 unspecified atom stereocenters. The standard InChI is InChI=1S/C15H22N2O4/c1-2-9-20-15-10-11(7-8-13(15)17(18)19)21-14-6-4-3-5-12(14)16/h7-8,10,12,14H,2-6,9,16H2,1H3. The lowest BCUT2D eigenvalue weighted by Gasteiger charge is -2.29. The molecule has 116 valence electrons. The highest BCUT2D eigenvalue weighted by molar-refractivity contribution is 5.50. The fraction of sp³-hybridized carbons (Fsp3) is 0.600. The van der Waals surface area contributed by atoms with Crippen LogP contribution in [0.5, 0.6) is 11.5 Å². The minimum absolute atomic E-state index is 0.0222. The van der Waals surface area contributed by atoms with E-state index in [1.165, 1.54) is 6.07 Å². The van der Waals surface area contributed by atoms with Crippen molar-refractivity contribution in [1.29, 1.82) is 0 Å². The van der Waals surface area contributed by atoms with Crippen LogP contribution in [0.2, 0.25) is 0 Å². The van der Waals surface area contributed by atoms with E-state index >= 15 is 0 Å². The molecule has 1 fully saturated rings. The molecule has 1 aromatic rings. The van der Waals surface area contributed by atoms with Crippen molar-refractivity contribution in [1.82, 2.24) is 0 Å². The van der Waals surface area contributed by atoms with Crippen LogP contribution in [0, 0.1) is 10.1 Å². The maximum absolute atomic E-state index is 11.0. The highest BCUT2D eigenvalue weighted by Crippen LogP contribution is 2.33. The molecule has 6 heteroatoms.